The van der Waals surface area contributed by atoms with Gasteiger partial charge in [-0.05, 0) is 0 Å². The van der Waals surface area contributed by atoms with E-state index < -0.39 is 18.1 Å². The van der Waals surface area contributed by atoms with E-state index >= 15 is 0 Å². The summed E-state index contributed by atoms with van der Waals surface area (Å²) in [7, 11) is 0. The van der Waals surface area contributed by atoms with Crippen LogP contribution in [-0.4, -0.2) is 55.3 Å². The van der Waals surface area contributed by atoms with Gasteiger partial charge in [0.1, 0.15) is 18.9 Å². The summed E-state index contributed by atoms with van der Waals surface area (Å²) in [5.74, 6) is -0.922. The Hall–Kier alpha value is -2.16. The van der Waals surface area contributed by atoms with Gasteiger partial charge in [0.05, 0.1) is 6.10 Å². The highest BCUT2D eigenvalue weighted by atomic mass is 16.3. The summed E-state index contributed by atoms with van der Waals surface area (Å²) in [6.45, 7) is -0.00266. The average Bonchev–Trinajstić information content (AvgIpc) is 2.85. The van der Waals surface area contributed by atoms with Gasteiger partial charge >= 0.3 is 0 Å². The van der Waals surface area contributed by atoms with Gasteiger partial charge in [0.2, 0.25) is 17.8 Å². The van der Waals surface area contributed by atoms with Crippen LogP contribution in [0.1, 0.15) is 6.42 Å². The minimum Gasteiger partial charge on any atom is -0.391 e. The molecule has 2 rings (SSSR count). The van der Waals surface area contributed by atoms with E-state index in [2.05, 4.69) is 10.1 Å². The number of carbonyl (C=O) groups excluding carboxylic acids is 2. The molecule has 2 amide bonds. The molecule has 1 aromatic rings. The number of hydrogen-bond donors (Lipinski definition) is 3. The second-order valence-corrected chi connectivity index (χ2v) is 4.15. The highest BCUT2D eigenvalue weighted by Crippen LogP contribution is 2.18. The normalized spacial score (nSPS) is 23.3. The number of likely N-dealkylation sites (tertiary alicyclic amines) is 1. The lowest BCUT2D eigenvalue weighted by molar-refractivity contribution is -0.138. The van der Waals surface area contributed by atoms with Crippen LogP contribution < -0.4 is 11.5 Å². The molecule has 2 heterocycles. The van der Waals surface area contributed by atoms with Crippen molar-refractivity contribution in [1.29, 1.82) is 0 Å². The van der Waals surface area contributed by atoms with Gasteiger partial charge in [0.15, 0.2) is 0 Å². The van der Waals surface area contributed by atoms with Crippen LogP contribution in [0.2, 0.25) is 0 Å². The topological polar surface area (TPSA) is 140 Å². The Labute approximate surface area is 102 Å². The first kappa shape index (κ1) is 12.3. The van der Waals surface area contributed by atoms with Gasteiger partial charge in [-0.2, -0.15) is 0 Å². The largest absolute Gasteiger partial charge is 0.391 e. The maximum absolute atomic E-state index is 12.0. The van der Waals surface area contributed by atoms with Gasteiger partial charge in [0.25, 0.3) is 0 Å². The second kappa shape index (κ2) is 4.61. The van der Waals surface area contributed by atoms with Crippen molar-refractivity contribution in [3.63, 3.8) is 0 Å². The number of primary amides is 1. The molecule has 0 bridgehead atoms. The summed E-state index contributed by atoms with van der Waals surface area (Å²) in [6, 6.07) is -0.770. The fourth-order valence-corrected chi connectivity index (χ4v) is 1.97. The third-order valence-electron chi connectivity index (χ3n) is 2.78. The standard InChI is InChI=1S/C9H14N6O3/c10-8(18)6-1-5(16)2-15(6)7(17)3-14-4-12-9(11)13-14/h4-6,16H,1-3H2,(H2,10,18)(H2,11,13). The summed E-state index contributed by atoms with van der Waals surface area (Å²) in [5, 5.41) is 13.2. The Morgan fingerprint density at radius 3 is 2.83 bits per heavy atom. The lowest BCUT2D eigenvalue weighted by Crippen LogP contribution is -2.45. The molecular formula is C9H14N6O3. The summed E-state index contributed by atoms with van der Waals surface area (Å²) in [6.07, 6.45) is 0.756. The number of anilines is 1. The van der Waals surface area contributed by atoms with Gasteiger partial charge in [-0.15, -0.1) is 5.10 Å². The number of aliphatic hydroxyl groups is 1. The number of nitrogens with two attached hydrogens (primary N) is 2. The maximum Gasteiger partial charge on any atom is 0.245 e. The zero-order valence-electron chi connectivity index (χ0n) is 9.56. The van der Waals surface area contributed by atoms with Crippen LogP contribution in [0.3, 0.4) is 0 Å². The van der Waals surface area contributed by atoms with Gasteiger partial charge < -0.3 is 21.5 Å². The molecule has 18 heavy (non-hydrogen) atoms. The molecular weight excluding hydrogens is 240 g/mol. The third-order valence-corrected chi connectivity index (χ3v) is 2.78. The Morgan fingerprint density at radius 1 is 1.56 bits per heavy atom. The number of aliphatic hydroxyl groups excluding tert-OH is 1. The summed E-state index contributed by atoms with van der Waals surface area (Å²) in [5.41, 5.74) is 10.5. The Bertz CT molecular complexity index is 473. The zero-order valence-corrected chi connectivity index (χ0v) is 9.56. The fourth-order valence-electron chi connectivity index (χ4n) is 1.97. The number of β-amino-alcohol motifs (C(OH)–C–C–N with tert-alkyl or cyclic N) is 1. The minimum atomic E-state index is -0.770. The molecule has 0 spiro atoms. The van der Waals surface area contributed by atoms with E-state index in [1.165, 1.54) is 15.9 Å². The van der Waals surface area contributed by atoms with Crippen molar-refractivity contribution < 1.29 is 14.7 Å². The number of nitrogens with zero attached hydrogens (tertiary/aromatic N) is 4. The van der Waals surface area contributed by atoms with Crippen LogP contribution in [0.4, 0.5) is 5.95 Å². The third kappa shape index (κ3) is 2.40. The van der Waals surface area contributed by atoms with Gasteiger partial charge in [0, 0.05) is 13.0 Å². The van der Waals surface area contributed by atoms with Crippen LogP contribution in [-0.2, 0) is 16.1 Å². The molecule has 1 fully saturated rings. The number of nitrogen functional groups attached to an aromatic ring is 1. The first-order valence-electron chi connectivity index (χ1n) is 5.39. The SMILES string of the molecule is NC(=O)C1CC(O)CN1C(=O)Cn1cnc(N)n1. The molecule has 2 unspecified atom stereocenters. The summed E-state index contributed by atoms with van der Waals surface area (Å²) in [4.78, 5) is 28.1. The lowest BCUT2D eigenvalue weighted by atomic mass is 10.2. The van der Waals surface area contributed by atoms with Gasteiger partial charge in [-0.3, -0.25) is 9.59 Å². The molecule has 0 aliphatic carbocycles. The minimum absolute atomic E-state index is 0.0655. The number of aromatic nitrogens is 3. The van der Waals surface area contributed by atoms with Crippen molar-refractivity contribution in [3.8, 4) is 0 Å². The molecule has 5 N–H and O–H groups in total. The van der Waals surface area contributed by atoms with Crippen LogP contribution in [0, 0.1) is 0 Å². The number of carbonyl (C=O) groups is 2. The van der Waals surface area contributed by atoms with Crippen molar-refractivity contribution in [1.82, 2.24) is 19.7 Å². The van der Waals surface area contributed by atoms with Crippen molar-refractivity contribution >= 4 is 17.8 Å². The number of hydrogen-bond acceptors (Lipinski definition) is 6. The highest BCUT2D eigenvalue weighted by Gasteiger charge is 2.37. The van der Waals surface area contributed by atoms with Crippen molar-refractivity contribution in [3.05, 3.63) is 6.33 Å². The predicted molar refractivity (Wildman–Crippen MR) is 59.8 cm³/mol. The summed E-state index contributed by atoms with van der Waals surface area (Å²) >= 11 is 0. The van der Waals surface area contributed by atoms with E-state index in [0.717, 1.165) is 0 Å². The summed E-state index contributed by atoms with van der Waals surface area (Å²) < 4.78 is 1.26. The van der Waals surface area contributed by atoms with Crippen LogP contribution in [0.25, 0.3) is 0 Å². The predicted octanol–water partition coefficient (Wildman–Crippen LogP) is -2.69. The van der Waals surface area contributed by atoms with Gasteiger partial charge in [-0.1, -0.05) is 0 Å². The first-order chi connectivity index (χ1) is 8.47. The maximum atomic E-state index is 12.0. The van der Waals surface area contributed by atoms with Crippen LogP contribution in [0.15, 0.2) is 6.33 Å². The Morgan fingerprint density at radius 2 is 2.28 bits per heavy atom. The number of amides is 2. The number of rotatable bonds is 3. The van der Waals surface area contributed by atoms with Crippen molar-refractivity contribution in [2.24, 2.45) is 5.73 Å². The monoisotopic (exact) mass is 254 g/mol. The van der Waals surface area contributed by atoms with Gasteiger partial charge in [-0.25, -0.2) is 9.67 Å². The lowest BCUT2D eigenvalue weighted by Gasteiger charge is -2.21. The molecule has 0 aromatic carbocycles. The molecule has 1 saturated heterocycles. The van der Waals surface area contributed by atoms with Crippen LogP contribution in [0.5, 0.6) is 0 Å². The smallest absolute Gasteiger partial charge is 0.245 e. The molecule has 0 radical (unpaired) electrons. The molecule has 9 nitrogen and oxygen atoms in total. The van der Waals surface area contributed by atoms with E-state index in [9.17, 15) is 14.7 Å². The Kier molecular flexibility index (Phi) is 3.15. The van der Waals surface area contributed by atoms with Crippen LogP contribution >= 0.6 is 0 Å². The van der Waals surface area contributed by atoms with E-state index in [-0.39, 0.29) is 31.4 Å². The van der Waals surface area contributed by atoms with E-state index in [1.807, 2.05) is 0 Å². The molecule has 1 aliphatic heterocycles. The van der Waals surface area contributed by atoms with E-state index in [4.69, 9.17) is 11.5 Å². The molecule has 98 valence electrons. The average molecular weight is 254 g/mol. The molecule has 2 atom stereocenters. The van der Waals surface area contributed by atoms with E-state index in [0.29, 0.717) is 0 Å². The fraction of sp³-hybridized carbons (Fsp3) is 0.556. The quantitative estimate of drug-likeness (QED) is 0.536. The second-order valence-electron chi connectivity index (χ2n) is 4.15. The van der Waals surface area contributed by atoms with Crippen molar-refractivity contribution in [2.75, 3.05) is 12.3 Å². The van der Waals surface area contributed by atoms with E-state index in [1.54, 1.807) is 0 Å². The highest BCUT2D eigenvalue weighted by molar-refractivity contribution is 5.87. The Balaban J connectivity index is 2.06. The van der Waals surface area contributed by atoms with Crippen molar-refractivity contribution in [2.45, 2.75) is 25.1 Å². The molecule has 1 aromatic heterocycles. The molecule has 9 heteroatoms. The molecule has 1 aliphatic rings. The molecule has 0 saturated carbocycles. The zero-order chi connectivity index (χ0) is 13.3. The first-order valence-corrected chi connectivity index (χ1v) is 5.39.